The highest BCUT2D eigenvalue weighted by atomic mass is 16.6. The molecule has 26 heavy (non-hydrogen) atoms. The third-order valence-electron chi connectivity index (χ3n) is 4.75. The third-order valence-corrected chi connectivity index (χ3v) is 4.75. The molecular weight excluding hydrogens is 338 g/mol. The van der Waals surface area contributed by atoms with Gasteiger partial charge in [-0.2, -0.15) is 5.26 Å². The van der Waals surface area contributed by atoms with Crippen molar-refractivity contribution in [2.75, 3.05) is 63.9 Å². The van der Waals surface area contributed by atoms with Gasteiger partial charge < -0.3 is 14.5 Å². The van der Waals surface area contributed by atoms with Crippen molar-refractivity contribution in [1.29, 1.82) is 5.26 Å². The van der Waals surface area contributed by atoms with Crippen molar-refractivity contribution < 1.29 is 14.5 Å². The van der Waals surface area contributed by atoms with Crippen LogP contribution in [0, 0.1) is 21.4 Å². The van der Waals surface area contributed by atoms with Crippen molar-refractivity contribution >= 4 is 17.3 Å². The standard InChI is InChI=1S/C17H21N5O4/c18-12-14-11-15(22(24)25)1-2-16(14)20-5-3-19(4-6-20)13-17(23)21-7-9-26-10-8-21/h1-2,11H,3-10,13H2. The highest BCUT2D eigenvalue weighted by Crippen LogP contribution is 2.25. The number of amides is 1. The van der Waals surface area contributed by atoms with Gasteiger partial charge in [0.25, 0.3) is 5.69 Å². The fraction of sp³-hybridized carbons (Fsp3) is 0.529. The second kappa shape index (κ2) is 8.12. The number of nitriles is 1. The van der Waals surface area contributed by atoms with Gasteiger partial charge >= 0.3 is 0 Å². The Morgan fingerprint density at radius 2 is 1.88 bits per heavy atom. The summed E-state index contributed by atoms with van der Waals surface area (Å²) in [6.07, 6.45) is 0. The Morgan fingerprint density at radius 1 is 1.19 bits per heavy atom. The molecule has 1 amide bonds. The van der Waals surface area contributed by atoms with E-state index in [2.05, 4.69) is 4.90 Å². The monoisotopic (exact) mass is 359 g/mol. The van der Waals surface area contributed by atoms with E-state index in [1.165, 1.54) is 12.1 Å². The zero-order valence-corrected chi connectivity index (χ0v) is 14.5. The molecule has 1 aromatic carbocycles. The zero-order chi connectivity index (χ0) is 18.5. The van der Waals surface area contributed by atoms with Gasteiger partial charge in [0.2, 0.25) is 5.91 Å². The summed E-state index contributed by atoms with van der Waals surface area (Å²) in [7, 11) is 0. The summed E-state index contributed by atoms with van der Waals surface area (Å²) in [5.74, 6) is 0.120. The molecule has 2 fully saturated rings. The van der Waals surface area contributed by atoms with Crippen LogP contribution >= 0.6 is 0 Å². The van der Waals surface area contributed by atoms with Crippen LogP contribution in [0.5, 0.6) is 0 Å². The number of nitro benzene ring substituents is 1. The van der Waals surface area contributed by atoms with E-state index in [0.717, 1.165) is 0 Å². The molecule has 0 N–H and O–H groups in total. The smallest absolute Gasteiger partial charge is 0.270 e. The molecule has 138 valence electrons. The molecule has 0 unspecified atom stereocenters. The molecule has 2 aliphatic heterocycles. The topological polar surface area (TPSA) is 103 Å². The number of carbonyl (C=O) groups excluding carboxylic acids is 1. The number of morpholine rings is 1. The lowest BCUT2D eigenvalue weighted by Gasteiger charge is -2.37. The molecule has 0 aliphatic carbocycles. The minimum atomic E-state index is -0.500. The zero-order valence-electron chi connectivity index (χ0n) is 14.5. The lowest BCUT2D eigenvalue weighted by Crippen LogP contribution is -2.51. The van der Waals surface area contributed by atoms with Gasteiger partial charge in [-0.3, -0.25) is 19.8 Å². The Labute approximate surface area is 151 Å². The van der Waals surface area contributed by atoms with Crippen LogP contribution in [0.3, 0.4) is 0 Å². The number of piperazine rings is 1. The highest BCUT2D eigenvalue weighted by molar-refractivity contribution is 5.78. The molecule has 2 aliphatic rings. The molecule has 0 saturated carbocycles. The molecule has 9 heteroatoms. The first-order valence-electron chi connectivity index (χ1n) is 8.60. The Kier molecular flexibility index (Phi) is 5.65. The third kappa shape index (κ3) is 4.09. The second-order valence-corrected chi connectivity index (χ2v) is 6.33. The Balaban J connectivity index is 1.57. The normalized spacial score (nSPS) is 18.4. The van der Waals surface area contributed by atoms with Gasteiger partial charge in [-0.25, -0.2) is 0 Å². The van der Waals surface area contributed by atoms with Crippen molar-refractivity contribution in [3.05, 3.63) is 33.9 Å². The first kappa shape index (κ1) is 18.1. The number of ether oxygens (including phenoxy) is 1. The highest BCUT2D eigenvalue weighted by Gasteiger charge is 2.24. The molecule has 0 bridgehead atoms. The maximum absolute atomic E-state index is 12.3. The molecule has 0 spiro atoms. The Bertz CT molecular complexity index is 718. The van der Waals surface area contributed by atoms with E-state index < -0.39 is 4.92 Å². The summed E-state index contributed by atoms with van der Waals surface area (Å²) < 4.78 is 5.27. The molecule has 3 rings (SSSR count). The number of nitrogens with zero attached hydrogens (tertiary/aromatic N) is 5. The molecule has 1 aromatic rings. The quantitative estimate of drug-likeness (QED) is 0.568. The Morgan fingerprint density at radius 3 is 2.50 bits per heavy atom. The van der Waals surface area contributed by atoms with Gasteiger partial charge in [0.05, 0.1) is 35.9 Å². The van der Waals surface area contributed by atoms with E-state index in [4.69, 9.17) is 4.74 Å². The summed E-state index contributed by atoms with van der Waals surface area (Å²) in [6, 6.07) is 6.40. The minimum Gasteiger partial charge on any atom is -0.378 e. The average Bonchev–Trinajstić information content (AvgIpc) is 2.68. The molecule has 2 heterocycles. The van der Waals surface area contributed by atoms with Crippen molar-refractivity contribution in [3.63, 3.8) is 0 Å². The molecular formula is C17H21N5O4. The maximum atomic E-state index is 12.3. The van der Waals surface area contributed by atoms with Crippen molar-refractivity contribution in [1.82, 2.24) is 9.80 Å². The van der Waals surface area contributed by atoms with Gasteiger partial charge in [0.15, 0.2) is 0 Å². The number of nitro groups is 1. The van der Waals surface area contributed by atoms with Crippen LogP contribution in [-0.4, -0.2) is 79.7 Å². The van der Waals surface area contributed by atoms with E-state index in [0.29, 0.717) is 70.3 Å². The van der Waals surface area contributed by atoms with Crippen LogP contribution in [0.15, 0.2) is 18.2 Å². The van der Waals surface area contributed by atoms with Gasteiger partial charge in [0.1, 0.15) is 6.07 Å². The first-order chi connectivity index (χ1) is 12.6. The van der Waals surface area contributed by atoms with Crippen molar-refractivity contribution in [2.45, 2.75) is 0 Å². The largest absolute Gasteiger partial charge is 0.378 e. The van der Waals surface area contributed by atoms with Crippen molar-refractivity contribution in [3.8, 4) is 6.07 Å². The number of anilines is 1. The predicted octanol–water partition coefficient (Wildman–Crippen LogP) is 0.447. The predicted molar refractivity (Wildman–Crippen MR) is 93.9 cm³/mol. The lowest BCUT2D eigenvalue weighted by molar-refractivity contribution is -0.384. The number of benzene rings is 1. The molecule has 0 atom stereocenters. The molecule has 2 saturated heterocycles. The number of rotatable bonds is 4. The fourth-order valence-electron chi connectivity index (χ4n) is 3.25. The Hall–Kier alpha value is -2.70. The maximum Gasteiger partial charge on any atom is 0.270 e. The molecule has 0 aromatic heterocycles. The van der Waals surface area contributed by atoms with Gasteiger partial charge in [-0.05, 0) is 6.07 Å². The summed E-state index contributed by atoms with van der Waals surface area (Å²) in [4.78, 5) is 28.7. The first-order valence-corrected chi connectivity index (χ1v) is 8.60. The molecule has 0 radical (unpaired) electrons. The van der Waals surface area contributed by atoms with Crippen LogP contribution in [0.25, 0.3) is 0 Å². The number of carbonyl (C=O) groups is 1. The van der Waals surface area contributed by atoms with E-state index in [1.807, 2.05) is 15.9 Å². The summed E-state index contributed by atoms with van der Waals surface area (Å²) >= 11 is 0. The van der Waals surface area contributed by atoms with Crippen LogP contribution in [-0.2, 0) is 9.53 Å². The van der Waals surface area contributed by atoms with Crippen LogP contribution in [0.4, 0.5) is 11.4 Å². The SMILES string of the molecule is N#Cc1cc([N+](=O)[O-])ccc1N1CCN(CC(=O)N2CCOCC2)CC1. The number of hydrogen-bond donors (Lipinski definition) is 0. The van der Waals surface area contributed by atoms with E-state index in [9.17, 15) is 20.2 Å². The average molecular weight is 359 g/mol. The second-order valence-electron chi connectivity index (χ2n) is 6.33. The van der Waals surface area contributed by atoms with Gasteiger partial charge in [0, 0.05) is 51.4 Å². The van der Waals surface area contributed by atoms with Crippen LogP contribution < -0.4 is 4.90 Å². The van der Waals surface area contributed by atoms with Crippen molar-refractivity contribution in [2.24, 2.45) is 0 Å². The summed E-state index contributed by atoms with van der Waals surface area (Å²) in [6.45, 7) is 5.62. The van der Waals surface area contributed by atoms with Gasteiger partial charge in [-0.15, -0.1) is 0 Å². The summed E-state index contributed by atoms with van der Waals surface area (Å²) in [5.41, 5.74) is 0.925. The lowest BCUT2D eigenvalue weighted by atomic mass is 10.1. The van der Waals surface area contributed by atoms with E-state index >= 15 is 0 Å². The fourth-order valence-corrected chi connectivity index (χ4v) is 3.25. The molecule has 9 nitrogen and oxygen atoms in total. The summed E-state index contributed by atoms with van der Waals surface area (Å²) in [5, 5.41) is 20.2. The number of non-ortho nitro benzene ring substituents is 1. The van der Waals surface area contributed by atoms with E-state index in [-0.39, 0.29) is 11.6 Å². The van der Waals surface area contributed by atoms with E-state index in [1.54, 1.807) is 6.07 Å². The number of hydrogen-bond acceptors (Lipinski definition) is 7. The minimum absolute atomic E-state index is 0.0833. The van der Waals surface area contributed by atoms with Crippen LogP contribution in [0.2, 0.25) is 0 Å². The van der Waals surface area contributed by atoms with Gasteiger partial charge in [-0.1, -0.05) is 0 Å². The van der Waals surface area contributed by atoms with Crippen LogP contribution in [0.1, 0.15) is 5.56 Å².